The monoisotopic (exact) mass is 334 g/mol. The van der Waals surface area contributed by atoms with E-state index in [1.807, 2.05) is 31.2 Å². The summed E-state index contributed by atoms with van der Waals surface area (Å²) >= 11 is 7.55. The number of halogens is 2. The van der Waals surface area contributed by atoms with E-state index in [1.165, 1.54) is 24.6 Å². The van der Waals surface area contributed by atoms with Crippen LogP contribution in [0.15, 0.2) is 29.2 Å². The first-order valence-electron chi connectivity index (χ1n) is 6.52. The third-order valence-electron chi connectivity index (χ3n) is 3.25. The molecule has 0 saturated heterocycles. The molecule has 3 N–H and O–H groups in total. The predicted molar refractivity (Wildman–Crippen MR) is 87.7 cm³/mol. The van der Waals surface area contributed by atoms with Crippen molar-refractivity contribution in [1.29, 1.82) is 0 Å². The topological polar surface area (TPSA) is 55.1 Å². The van der Waals surface area contributed by atoms with Crippen molar-refractivity contribution in [2.45, 2.75) is 36.0 Å². The Hall–Kier alpha value is -0.420. The fourth-order valence-corrected chi connectivity index (χ4v) is 3.02. The smallest absolute Gasteiger partial charge is 0.233 e. The Morgan fingerprint density at radius 2 is 2.15 bits per heavy atom. The quantitative estimate of drug-likeness (QED) is 0.786. The summed E-state index contributed by atoms with van der Waals surface area (Å²) < 4.78 is 0. The lowest BCUT2D eigenvalue weighted by Crippen LogP contribution is -2.41. The first-order valence-corrected chi connectivity index (χ1v) is 7.78. The molecule has 2 rings (SSSR count). The zero-order valence-corrected chi connectivity index (χ0v) is 13.7. The lowest BCUT2D eigenvalue weighted by molar-refractivity contribution is -0.120. The molecule has 2 unspecified atom stereocenters. The Kier molecular flexibility index (Phi) is 7.17. The lowest BCUT2D eigenvalue weighted by Gasteiger charge is -2.15. The minimum atomic E-state index is -0.175. The van der Waals surface area contributed by atoms with Crippen molar-refractivity contribution in [3.8, 4) is 0 Å². The van der Waals surface area contributed by atoms with E-state index in [0.717, 1.165) is 4.90 Å². The molecule has 0 heterocycles. The van der Waals surface area contributed by atoms with E-state index in [9.17, 15) is 4.79 Å². The van der Waals surface area contributed by atoms with Crippen molar-refractivity contribution in [2.75, 3.05) is 6.54 Å². The maximum absolute atomic E-state index is 12.0. The molecule has 0 aliphatic heterocycles. The van der Waals surface area contributed by atoms with Gasteiger partial charge in [-0.3, -0.25) is 4.79 Å². The Balaban J connectivity index is 0.00000200. The van der Waals surface area contributed by atoms with Crippen LogP contribution in [0.4, 0.5) is 0 Å². The molecule has 1 aliphatic rings. The number of carbonyl (C=O) groups is 1. The Labute approximate surface area is 135 Å². The normalized spacial score (nSPS) is 16.9. The minimum Gasteiger partial charge on any atom is -0.354 e. The molecule has 112 valence electrons. The molecule has 3 nitrogen and oxygen atoms in total. The van der Waals surface area contributed by atoms with E-state index in [4.69, 9.17) is 17.3 Å². The van der Waals surface area contributed by atoms with Gasteiger partial charge in [-0.05, 0) is 37.8 Å². The number of nitrogens with one attached hydrogen (secondary N) is 1. The lowest BCUT2D eigenvalue weighted by atomic mass is 10.2. The van der Waals surface area contributed by atoms with E-state index in [1.54, 1.807) is 0 Å². The first kappa shape index (κ1) is 17.6. The zero-order chi connectivity index (χ0) is 13.8. The Morgan fingerprint density at radius 1 is 1.50 bits per heavy atom. The third kappa shape index (κ3) is 5.17. The average molecular weight is 335 g/mol. The largest absolute Gasteiger partial charge is 0.354 e. The number of thioether (sulfide) groups is 1. The second-order valence-electron chi connectivity index (χ2n) is 4.94. The van der Waals surface area contributed by atoms with Crippen LogP contribution in [-0.2, 0) is 4.79 Å². The van der Waals surface area contributed by atoms with Crippen LogP contribution in [0.3, 0.4) is 0 Å². The number of nitrogens with two attached hydrogens (primary N) is 1. The summed E-state index contributed by atoms with van der Waals surface area (Å²) in [6, 6.07) is 7.65. The summed E-state index contributed by atoms with van der Waals surface area (Å²) in [5.41, 5.74) is 5.96. The second kappa shape index (κ2) is 8.13. The average Bonchev–Trinajstić information content (AvgIpc) is 3.22. The molecule has 1 aromatic rings. The summed E-state index contributed by atoms with van der Waals surface area (Å²) in [5.74, 6) is 0.618. The zero-order valence-electron chi connectivity index (χ0n) is 11.3. The Morgan fingerprint density at radius 3 is 2.75 bits per heavy atom. The molecule has 0 spiro atoms. The third-order valence-corrected chi connectivity index (χ3v) is 4.87. The van der Waals surface area contributed by atoms with Gasteiger partial charge in [0, 0.05) is 17.5 Å². The van der Waals surface area contributed by atoms with Crippen LogP contribution in [0.25, 0.3) is 0 Å². The van der Waals surface area contributed by atoms with Crippen LogP contribution in [0.5, 0.6) is 0 Å². The van der Waals surface area contributed by atoms with Crippen LogP contribution in [0, 0.1) is 5.92 Å². The molecule has 1 aromatic carbocycles. The molecule has 2 atom stereocenters. The summed E-state index contributed by atoms with van der Waals surface area (Å²) in [6.45, 7) is 2.45. The summed E-state index contributed by atoms with van der Waals surface area (Å²) in [6.07, 6.45) is 2.39. The molecule has 20 heavy (non-hydrogen) atoms. The van der Waals surface area contributed by atoms with Gasteiger partial charge in [-0.1, -0.05) is 23.7 Å². The molecule has 1 amide bonds. The molecule has 1 fully saturated rings. The highest BCUT2D eigenvalue weighted by Crippen LogP contribution is 2.32. The fourth-order valence-electron chi connectivity index (χ4n) is 1.84. The maximum atomic E-state index is 12.0. The first-order chi connectivity index (χ1) is 9.08. The summed E-state index contributed by atoms with van der Waals surface area (Å²) in [5, 5.41) is 3.42. The molecule has 1 saturated carbocycles. The van der Waals surface area contributed by atoms with Crippen LogP contribution in [0.1, 0.15) is 19.8 Å². The van der Waals surface area contributed by atoms with Crippen molar-refractivity contribution in [3.63, 3.8) is 0 Å². The highest BCUT2D eigenvalue weighted by Gasteiger charge is 2.28. The maximum Gasteiger partial charge on any atom is 0.233 e. The minimum absolute atomic E-state index is 0. The Bertz CT molecular complexity index is 455. The highest BCUT2D eigenvalue weighted by molar-refractivity contribution is 8.00. The number of hydrogen-bond donors (Lipinski definition) is 2. The van der Waals surface area contributed by atoms with E-state index in [2.05, 4.69) is 5.32 Å². The van der Waals surface area contributed by atoms with E-state index in [0.29, 0.717) is 17.5 Å². The van der Waals surface area contributed by atoms with Gasteiger partial charge in [-0.15, -0.1) is 24.2 Å². The van der Waals surface area contributed by atoms with Gasteiger partial charge in [0.2, 0.25) is 5.91 Å². The number of carbonyl (C=O) groups excluding carboxylic acids is 1. The van der Waals surface area contributed by atoms with Crippen molar-refractivity contribution >= 4 is 41.7 Å². The van der Waals surface area contributed by atoms with Crippen molar-refractivity contribution in [3.05, 3.63) is 29.3 Å². The number of hydrogen-bond acceptors (Lipinski definition) is 3. The summed E-state index contributed by atoms with van der Waals surface area (Å²) in [7, 11) is 0. The van der Waals surface area contributed by atoms with Gasteiger partial charge in [0.1, 0.15) is 0 Å². The second-order valence-corrected chi connectivity index (χ2v) is 6.73. The fraction of sp³-hybridized carbons (Fsp3) is 0.500. The van der Waals surface area contributed by atoms with Crippen molar-refractivity contribution < 1.29 is 4.79 Å². The summed E-state index contributed by atoms with van der Waals surface area (Å²) in [4.78, 5) is 12.9. The molecule has 1 aliphatic carbocycles. The van der Waals surface area contributed by atoms with E-state index < -0.39 is 0 Å². The van der Waals surface area contributed by atoms with Gasteiger partial charge in [0.15, 0.2) is 0 Å². The highest BCUT2D eigenvalue weighted by atomic mass is 35.5. The van der Waals surface area contributed by atoms with Crippen LogP contribution in [0.2, 0.25) is 5.02 Å². The molecule has 0 radical (unpaired) electrons. The SMILES string of the molecule is CC(Sc1ccccc1Cl)C(=O)NCC(N)C1CC1.Cl. The molecule has 0 aromatic heterocycles. The van der Waals surface area contributed by atoms with Crippen LogP contribution >= 0.6 is 35.8 Å². The van der Waals surface area contributed by atoms with Gasteiger partial charge >= 0.3 is 0 Å². The molecular weight excluding hydrogens is 315 g/mol. The van der Waals surface area contributed by atoms with Gasteiger partial charge in [0.25, 0.3) is 0 Å². The van der Waals surface area contributed by atoms with E-state index in [-0.39, 0.29) is 29.6 Å². The number of amides is 1. The standard InChI is InChI=1S/C14H19ClN2OS.ClH/c1-9(19-13-5-3-2-4-11(13)15)14(18)17-8-12(16)10-6-7-10;/h2-5,9-10,12H,6-8,16H2,1H3,(H,17,18);1H. The van der Waals surface area contributed by atoms with Gasteiger partial charge < -0.3 is 11.1 Å². The predicted octanol–water partition coefficient (Wildman–Crippen LogP) is 3.10. The van der Waals surface area contributed by atoms with Crippen LogP contribution in [-0.4, -0.2) is 23.7 Å². The number of rotatable bonds is 6. The van der Waals surface area contributed by atoms with E-state index >= 15 is 0 Å². The number of benzene rings is 1. The molecule has 0 bridgehead atoms. The molecular formula is C14H20Cl2N2OS. The van der Waals surface area contributed by atoms with Crippen LogP contribution < -0.4 is 11.1 Å². The van der Waals surface area contributed by atoms with Gasteiger partial charge in [-0.25, -0.2) is 0 Å². The van der Waals surface area contributed by atoms with Gasteiger partial charge in [0.05, 0.1) is 10.3 Å². The van der Waals surface area contributed by atoms with Crippen molar-refractivity contribution in [1.82, 2.24) is 5.32 Å². The van der Waals surface area contributed by atoms with Crippen molar-refractivity contribution in [2.24, 2.45) is 11.7 Å². The molecule has 6 heteroatoms. The van der Waals surface area contributed by atoms with Gasteiger partial charge in [-0.2, -0.15) is 0 Å².